The molecule has 0 unspecified atom stereocenters. The molecule has 0 atom stereocenters. The first kappa shape index (κ1) is 19.2. The fraction of sp³-hybridized carbons (Fsp3) is 0.0400. The zero-order chi connectivity index (χ0) is 20.8. The van der Waals surface area contributed by atoms with Gasteiger partial charge in [0.25, 0.3) is 0 Å². The van der Waals surface area contributed by atoms with E-state index in [1.165, 1.54) is 0 Å². The fourth-order valence-electron chi connectivity index (χ4n) is 3.01. The fourth-order valence-corrected chi connectivity index (χ4v) is 3.01. The Morgan fingerprint density at radius 2 is 1.70 bits per heavy atom. The summed E-state index contributed by atoms with van der Waals surface area (Å²) in [4.78, 5) is 4.74. The van der Waals surface area contributed by atoms with E-state index in [1.54, 1.807) is 37.6 Å². The molecule has 4 rings (SSSR count). The Bertz CT molecular complexity index is 1200. The average molecular weight is 395 g/mol. The molecule has 0 aliphatic rings. The van der Waals surface area contributed by atoms with Gasteiger partial charge in [0.05, 0.1) is 30.2 Å². The van der Waals surface area contributed by atoms with Gasteiger partial charge in [-0.2, -0.15) is 5.10 Å². The van der Waals surface area contributed by atoms with Crippen molar-refractivity contribution in [1.29, 1.82) is 0 Å². The van der Waals surface area contributed by atoms with Crippen LogP contribution in [0.15, 0.2) is 84.0 Å². The molecule has 0 radical (unpaired) electrons. The summed E-state index contributed by atoms with van der Waals surface area (Å²) in [6.45, 7) is 0. The van der Waals surface area contributed by atoms with Gasteiger partial charge in [0.2, 0.25) is 0 Å². The van der Waals surface area contributed by atoms with Crippen molar-refractivity contribution in [2.45, 2.75) is 0 Å². The van der Waals surface area contributed by atoms with Crippen LogP contribution in [-0.4, -0.2) is 23.4 Å². The van der Waals surface area contributed by atoms with Crippen molar-refractivity contribution in [1.82, 2.24) is 4.98 Å². The lowest BCUT2D eigenvalue weighted by Crippen LogP contribution is -1.95. The zero-order valence-corrected chi connectivity index (χ0v) is 16.5. The number of ether oxygens (including phenoxy) is 1. The molecule has 1 heterocycles. The summed E-state index contributed by atoms with van der Waals surface area (Å²) in [6.07, 6.45) is 5.71. The highest BCUT2D eigenvalue weighted by atomic mass is 16.5. The molecule has 2 N–H and O–H groups in total. The van der Waals surface area contributed by atoms with E-state index in [1.807, 2.05) is 66.7 Å². The maximum Gasteiger partial charge on any atom is 0.119 e. The SMILES string of the molecule is COc1ccc2nc(/C=C/c3ccccc3)cc(N/N=C\c3ccc(O)cc3)c2c1. The van der Waals surface area contributed by atoms with Crippen LogP contribution in [0.25, 0.3) is 23.1 Å². The summed E-state index contributed by atoms with van der Waals surface area (Å²) in [5.74, 6) is 0.976. The number of hydrazone groups is 1. The molecular weight excluding hydrogens is 374 g/mol. The van der Waals surface area contributed by atoms with Crippen LogP contribution in [0.1, 0.15) is 16.8 Å². The Morgan fingerprint density at radius 3 is 2.47 bits per heavy atom. The Kier molecular flexibility index (Phi) is 5.71. The first-order chi connectivity index (χ1) is 14.7. The quantitative estimate of drug-likeness (QED) is 0.331. The number of phenols is 1. The highest BCUT2D eigenvalue weighted by Gasteiger charge is 2.06. The summed E-state index contributed by atoms with van der Waals surface area (Å²) in [5.41, 5.74) is 7.58. The summed E-state index contributed by atoms with van der Waals surface area (Å²) in [6, 6.07) is 24.6. The Balaban J connectivity index is 1.67. The number of aromatic hydroxyl groups is 1. The number of aromatic nitrogens is 1. The van der Waals surface area contributed by atoms with Crippen molar-refractivity contribution in [3.63, 3.8) is 0 Å². The van der Waals surface area contributed by atoms with Crippen LogP contribution in [0.3, 0.4) is 0 Å². The van der Waals surface area contributed by atoms with E-state index in [9.17, 15) is 5.11 Å². The second-order valence-corrected chi connectivity index (χ2v) is 6.68. The molecule has 0 saturated carbocycles. The molecule has 0 aliphatic heterocycles. The molecule has 0 fully saturated rings. The third kappa shape index (κ3) is 4.64. The van der Waals surface area contributed by atoms with Crippen molar-refractivity contribution in [2.24, 2.45) is 5.10 Å². The molecule has 0 spiro atoms. The molecule has 4 aromatic rings. The van der Waals surface area contributed by atoms with Crippen molar-refractivity contribution >= 4 is 35.0 Å². The van der Waals surface area contributed by atoms with Gasteiger partial charge >= 0.3 is 0 Å². The van der Waals surface area contributed by atoms with E-state index in [0.717, 1.165) is 39.2 Å². The molecule has 30 heavy (non-hydrogen) atoms. The van der Waals surface area contributed by atoms with Crippen LogP contribution in [0.5, 0.6) is 11.5 Å². The van der Waals surface area contributed by atoms with Gasteiger partial charge in [0.1, 0.15) is 11.5 Å². The van der Waals surface area contributed by atoms with Crippen molar-refractivity contribution in [3.8, 4) is 11.5 Å². The number of nitrogens with one attached hydrogen (secondary N) is 1. The molecule has 1 aromatic heterocycles. The molecular formula is C25H21N3O2. The van der Waals surface area contributed by atoms with Gasteiger partial charge in [0, 0.05) is 5.39 Å². The standard InChI is InChI=1S/C25H21N3O2/c1-30-22-13-14-24-23(16-22)25(28-26-17-19-8-11-21(29)12-9-19)15-20(27-24)10-7-18-5-3-2-4-6-18/h2-17,29H,1H3,(H,27,28)/b10-7+,26-17-. The number of methoxy groups -OCH3 is 1. The Hall–Kier alpha value is -4.12. The van der Waals surface area contributed by atoms with Gasteiger partial charge < -0.3 is 9.84 Å². The van der Waals surface area contributed by atoms with Gasteiger partial charge in [-0.05, 0) is 65.7 Å². The first-order valence-electron chi connectivity index (χ1n) is 9.51. The minimum Gasteiger partial charge on any atom is -0.508 e. The number of nitrogens with zero attached hydrogens (tertiary/aromatic N) is 2. The number of fused-ring (bicyclic) bond motifs is 1. The molecule has 5 heteroatoms. The minimum atomic E-state index is 0.224. The summed E-state index contributed by atoms with van der Waals surface area (Å²) in [7, 11) is 1.64. The highest BCUT2D eigenvalue weighted by molar-refractivity contribution is 5.94. The highest BCUT2D eigenvalue weighted by Crippen LogP contribution is 2.28. The smallest absolute Gasteiger partial charge is 0.119 e. The third-order valence-corrected chi connectivity index (χ3v) is 4.57. The van der Waals surface area contributed by atoms with E-state index in [2.05, 4.69) is 10.5 Å². The lowest BCUT2D eigenvalue weighted by Gasteiger charge is -2.09. The van der Waals surface area contributed by atoms with Crippen LogP contribution < -0.4 is 10.2 Å². The second-order valence-electron chi connectivity index (χ2n) is 6.68. The van der Waals surface area contributed by atoms with Gasteiger partial charge in [0.15, 0.2) is 0 Å². The predicted molar refractivity (Wildman–Crippen MR) is 123 cm³/mol. The van der Waals surface area contributed by atoms with E-state index < -0.39 is 0 Å². The van der Waals surface area contributed by atoms with Crippen LogP contribution in [-0.2, 0) is 0 Å². The molecule has 0 bridgehead atoms. The number of hydrogen-bond acceptors (Lipinski definition) is 5. The van der Waals surface area contributed by atoms with Crippen molar-refractivity contribution in [2.75, 3.05) is 12.5 Å². The largest absolute Gasteiger partial charge is 0.508 e. The van der Waals surface area contributed by atoms with Crippen LogP contribution in [0.2, 0.25) is 0 Å². The average Bonchev–Trinajstić information content (AvgIpc) is 2.79. The third-order valence-electron chi connectivity index (χ3n) is 4.57. The van der Waals surface area contributed by atoms with Gasteiger partial charge in [-0.25, -0.2) is 4.98 Å². The second kappa shape index (κ2) is 8.92. The van der Waals surface area contributed by atoms with E-state index in [-0.39, 0.29) is 5.75 Å². The van der Waals surface area contributed by atoms with Gasteiger partial charge in [-0.3, -0.25) is 5.43 Å². The monoisotopic (exact) mass is 395 g/mol. The number of benzene rings is 3. The first-order valence-corrected chi connectivity index (χ1v) is 9.51. The van der Waals surface area contributed by atoms with Gasteiger partial charge in [-0.1, -0.05) is 36.4 Å². The summed E-state index contributed by atoms with van der Waals surface area (Å²) < 4.78 is 5.37. The number of hydrogen-bond donors (Lipinski definition) is 2. The Morgan fingerprint density at radius 1 is 0.900 bits per heavy atom. The van der Waals surface area contributed by atoms with E-state index in [4.69, 9.17) is 9.72 Å². The zero-order valence-electron chi connectivity index (χ0n) is 16.5. The maximum absolute atomic E-state index is 9.41. The van der Waals surface area contributed by atoms with Crippen LogP contribution in [0, 0.1) is 0 Å². The summed E-state index contributed by atoms with van der Waals surface area (Å²) in [5, 5.41) is 14.7. The number of pyridine rings is 1. The van der Waals surface area contributed by atoms with Crippen LogP contribution in [0.4, 0.5) is 5.69 Å². The minimum absolute atomic E-state index is 0.224. The predicted octanol–water partition coefficient (Wildman–Crippen LogP) is 5.57. The molecule has 0 amide bonds. The molecule has 0 aliphatic carbocycles. The number of phenolic OH excluding ortho intramolecular Hbond substituents is 1. The molecule has 3 aromatic carbocycles. The van der Waals surface area contributed by atoms with Crippen molar-refractivity contribution < 1.29 is 9.84 Å². The lowest BCUT2D eigenvalue weighted by molar-refractivity contribution is 0.415. The molecule has 5 nitrogen and oxygen atoms in total. The molecule has 148 valence electrons. The topological polar surface area (TPSA) is 66.7 Å². The summed E-state index contributed by atoms with van der Waals surface area (Å²) >= 11 is 0. The number of rotatable bonds is 6. The normalized spacial score (nSPS) is 11.4. The van der Waals surface area contributed by atoms with Crippen molar-refractivity contribution in [3.05, 3.63) is 95.7 Å². The van der Waals surface area contributed by atoms with Crippen LogP contribution >= 0.6 is 0 Å². The van der Waals surface area contributed by atoms with Gasteiger partial charge in [-0.15, -0.1) is 0 Å². The number of anilines is 1. The maximum atomic E-state index is 9.41. The van der Waals surface area contributed by atoms with E-state index >= 15 is 0 Å². The lowest BCUT2D eigenvalue weighted by atomic mass is 10.1. The Labute approximate surface area is 175 Å². The molecule has 0 saturated heterocycles. The van der Waals surface area contributed by atoms with E-state index in [0.29, 0.717) is 0 Å².